The van der Waals surface area contributed by atoms with Crippen molar-refractivity contribution in [3.8, 4) is 0 Å². The fourth-order valence-electron chi connectivity index (χ4n) is 6.62. The zero-order valence-electron chi connectivity index (χ0n) is 11.9. The topological polar surface area (TPSA) is 18.5 Å². The highest BCUT2D eigenvalue weighted by atomic mass is 17.2. The van der Waals surface area contributed by atoms with E-state index in [1.165, 1.54) is 57.8 Å². The van der Waals surface area contributed by atoms with Crippen molar-refractivity contribution in [3.63, 3.8) is 0 Å². The fourth-order valence-corrected chi connectivity index (χ4v) is 6.62. The van der Waals surface area contributed by atoms with Gasteiger partial charge in [-0.1, -0.05) is 19.3 Å². The Morgan fingerprint density at radius 2 is 1.42 bits per heavy atom. The van der Waals surface area contributed by atoms with Crippen LogP contribution in [0.25, 0.3) is 0 Å². The van der Waals surface area contributed by atoms with Crippen LogP contribution in [0.5, 0.6) is 0 Å². The van der Waals surface area contributed by atoms with Crippen molar-refractivity contribution in [2.45, 2.75) is 76.4 Å². The highest BCUT2D eigenvalue weighted by Gasteiger charge is 2.69. The van der Waals surface area contributed by atoms with Gasteiger partial charge in [-0.3, -0.25) is 0 Å². The van der Waals surface area contributed by atoms with Crippen molar-refractivity contribution in [1.82, 2.24) is 0 Å². The minimum atomic E-state index is 0.401. The molecule has 5 saturated carbocycles. The van der Waals surface area contributed by atoms with Crippen molar-refractivity contribution in [2.75, 3.05) is 0 Å². The lowest BCUT2D eigenvalue weighted by Crippen LogP contribution is -2.42. The lowest BCUT2D eigenvalue weighted by atomic mass is 9.56. The Hall–Kier alpha value is -0.0800. The molecule has 5 rings (SSSR count). The van der Waals surface area contributed by atoms with Crippen molar-refractivity contribution in [1.29, 1.82) is 0 Å². The van der Waals surface area contributed by atoms with Gasteiger partial charge >= 0.3 is 0 Å². The molecule has 5 aliphatic rings. The van der Waals surface area contributed by atoms with E-state index < -0.39 is 0 Å². The molecule has 2 nitrogen and oxygen atoms in total. The largest absolute Gasteiger partial charge is 0.233 e. The van der Waals surface area contributed by atoms with Crippen LogP contribution in [0.15, 0.2) is 0 Å². The minimum absolute atomic E-state index is 0.401. The molecule has 5 fully saturated rings. The van der Waals surface area contributed by atoms with Crippen LogP contribution in [0.1, 0.15) is 64.2 Å². The van der Waals surface area contributed by atoms with Gasteiger partial charge in [0.25, 0.3) is 0 Å². The van der Waals surface area contributed by atoms with Gasteiger partial charge in [-0.05, 0) is 74.0 Å². The first-order valence-electron chi connectivity index (χ1n) is 8.67. The van der Waals surface area contributed by atoms with Gasteiger partial charge in [0.1, 0.15) is 0 Å². The van der Waals surface area contributed by atoms with Crippen LogP contribution >= 0.6 is 0 Å². The Labute approximate surface area is 116 Å². The SMILES string of the molecule is C1CCC(OOC2C3CC4CC5CC2CC45C3)CC1. The molecule has 106 valence electrons. The maximum absolute atomic E-state index is 6.05. The molecule has 5 aliphatic carbocycles. The molecule has 2 heteroatoms. The van der Waals surface area contributed by atoms with E-state index in [4.69, 9.17) is 9.78 Å². The van der Waals surface area contributed by atoms with Crippen LogP contribution in [-0.4, -0.2) is 12.2 Å². The molecular weight excluding hydrogens is 236 g/mol. The maximum atomic E-state index is 6.05. The Morgan fingerprint density at radius 1 is 0.737 bits per heavy atom. The number of rotatable bonds is 3. The zero-order chi connectivity index (χ0) is 12.4. The van der Waals surface area contributed by atoms with Gasteiger partial charge in [-0.25, -0.2) is 9.78 Å². The third-order valence-electron chi connectivity index (χ3n) is 7.44. The lowest BCUT2D eigenvalue weighted by molar-refractivity contribution is -0.372. The fraction of sp³-hybridized carbons (Fsp3) is 1.00. The predicted molar refractivity (Wildman–Crippen MR) is 72.3 cm³/mol. The van der Waals surface area contributed by atoms with E-state index in [1.807, 2.05) is 0 Å². The molecule has 19 heavy (non-hydrogen) atoms. The first-order valence-corrected chi connectivity index (χ1v) is 8.67. The molecular formula is C17H26O2. The molecule has 0 N–H and O–H groups in total. The third kappa shape index (κ3) is 1.51. The second kappa shape index (κ2) is 3.98. The highest BCUT2D eigenvalue weighted by Crippen LogP contribution is 2.75. The summed E-state index contributed by atoms with van der Waals surface area (Å²) in [5.41, 5.74) is 0.806. The molecule has 0 aromatic heterocycles. The van der Waals surface area contributed by atoms with Crippen molar-refractivity contribution in [2.24, 2.45) is 29.1 Å². The summed E-state index contributed by atoms with van der Waals surface area (Å²) in [6.45, 7) is 0. The quantitative estimate of drug-likeness (QED) is 0.563. The lowest BCUT2D eigenvalue weighted by Gasteiger charge is -2.49. The van der Waals surface area contributed by atoms with Crippen molar-refractivity contribution in [3.05, 3.63) is 0 Å². The molecule has 3 bridgehead atoms. The molecule has 4 atom stereocenters. The summed E-state index contributed by atoms with van der Waals surface area (Å²) >= 11 is 0. The van der Waals surface area contributed by atoms with Crippen LogP contribution in [0, 0.1) is 29.1 Å². The predicted octanol–water partition coefficient (Wildman–Crippen LogP) is 4.09. The normalized spacial score (nSPS) is 55.3. The summed E-state index contributed by atoms with van der Waals surface area (Å²) in [6.07, 6.45) is 14.7. The monoisotopic (exact) mass is 262 g/mol. The third-order valence-corrected chi connectivity index (χ3v) is 7.44. The number of hydrogen-bond donors (Lipinski definition) is 0. The Kier molecular flexibility index (Phi) is 2.42. The van der Waals surface area contributed by atoms with E-state index in [9.17, 15) is 0 Å². The number of hydrogen-bond acceptors (Lipinski definition) is 2. The summed E-state index contributed by atoms with van der Waals surface area (Å²) in [7, 11) is 0. The van der Waals surface area contributed by atoms with Gasteiger partial charge in [0.15, 0.2) is 0 Å². The molecule has 4 unspecified atom stereocenters. The molecule has 0 aromatic rings. The molecule has 0 heterocycles. The maximum Gasteiger partial charge on any atom is 0.0986 e. The van der Waals surface area contributed by atoms with Gasteiger partial charge in [0.05, 0.1) is 12.2 Å². The Morgan fingerprint density at radius 3 is 2.11 bits per heavy atom. The number of fused-ring (bicyclic) bond motifs is 2. The van der Waals surface area contributed by atoms with E-state index in [1.54, 1.807) is 6.42 Å². The van der Waals surface area contributed by atoms with Crippen LogP contribution in [0.2, 0.25) is 0 Å². The summed E-state index contributed by atoms with van der Waals surface area (Å²) in [6, 6.07) is 0. The Balaban J connectivity index is 1.26. The molecule has 0 amide bonds. The van der Waals surface area contributed by atoms with Crippen LogP contribution in [0.4, 0.5) is 0 Å². The minimum Gasteiger partial charge on any atom is -0.233 e. The second-order valence-corrected chi connectivity index (χ2v) is 8.18. The van der Waals surface area contributed by atoms with Gasteiger partial charge in [0, 0.05) is 0 Å². The van der Waals surface area contributed by atoms with E-state index in [-0.39, 0.29) is 0 Å². The van der Waals surface area contributed by atoms with Crippen LogP contribution in [-0.2, 0) is 9.78 Å². The molecule has 0 aromatic carbocycles. The van der Waals surface area contributed by atoms with Crippen LogP contribution in [0.3, 0.4) is 0 Å². The average Bonchev–Trinajstić information content (AvgIpc) is 2.81. The van der Waals surface area contributed by atoms with E-state index >= 15 is 0 Å². The summed E-state index contributed by atoms with van der Waals surface area (Å²) in [4.78, 5) is 11.9. The van der Waals surface area contributed by atoms with Crippen LogP contribution < -0.4 is 0 Å². The van der Waals surface area contributed by atoms with Gasteiger partial charge in [0.2, 0.25) is 0 Å². The molecule has 1 spiro atoms. The average molecular weight is 262 g/mol. The van der Waals surface area contributed by atoms with E-state index in [0.29, 0.717) is 12.2 Å². The van der Waals surface area contributed by atoms with Crippen molar-refractivity contribution < 1.29 is 9.78 Å². The van der Waals surface area contributed by atoms with Gasteiger partial charge < -0.3 is 0 Å². The molecule has 0 aliphatic heterocycles. The smallest absolute Gasteiger partial charge is 0.0986 e. The highest BCUT2D eigenvalue weighted by molar-refractivity contribution is 5.18. The first-order chi connectivity index (χ1) is 9.35. The summed E-state index contributed by atoms with van der Waals surface area (Å²) < 4.78 is 0. The standard InChI is InChI=1S/C17H26O2/c1-2-4-15(5-3-1)18-19-16-11-6-13-8-14-7-12(16)10-17(13,14)9-11/h11-16H,1-10H2. The molecule has 0 saturated heterocycles. The second-order valence-electron chi connectivity index (χ2n) is 8.18. The zero-order valence-corrected chi connectivity index (χ0v) is 11.9. The van der Waals surface area contributed by atoms with Gasteiger partial charge in [-0.15, -0.1) is 0 Å². The van der Waals surface area contributed by atoms with E-state index in [0.717, 1.165) is 29.1 Å². The Bertz CT molecular complexity index is 349. The summed E-state index contributed by atoms with van der Waals surface area (Å²) in [5.74, 6) is 3.80. The first kappa shape index (κ1) is 11.6. The summed E-state index contributed by atoms with van der Waals surface area (Å²) in [5, 5.41) is 0. The molecule has 0 radical (unpaired) electrons. The van der Waals surface area contributed by atoms with Gasteiger partial charge in [-0.2, -0.15) is 0 Å². The van der Waals surface area contributed by atoms with E-state index in [2.05, 4.69) is 0 Å². The van der Waals surface area contributed by atoms with Crippen molar-refractivity contribution >= 4 is 0 Å².